The van der Waals surface area contributed by atoms with Gasteiger partial charge < -0.3 is 9.47 Å². The van der Waals surface area contributed by atoms with Crippen molar-refractivity contribution in [2.75, 3.05) is 4.90 Å². The Morgan fingerprint density at radius 3 is 1.57 bits per heavy atom. The van der Waals surface area contributed by atoms with Crippen LogP contribution in [0.15, 0.2) is 164 Å². The van der Waals surface area contributed by atoms with Gasteiger partial charge in [0.2, 0.25) is 0 Å². The first-order valence-electron chi connectivity index (χ1n) is 16.3. The fourth-order valence-electron chi connectivity index (χ4n) is 7.67. The number of rotatable bonds is 4. The minimum absolute atomic E-state index is 1.15. The predicted molar refractivity (Wildman–Crippen MR) is 200 cm³/mol. The van der Waals surface area contributed by atoms with Gasteiger partial charge in [0.15, 0.2) is 0 Å². The highest BCUT2D eigenvalue weighted by Gasteiger charge is 2.24. The molecule has 2 heteroatoms. The van der Waals surface area contributed by atoms with Gasteiger partial charge in [-0.1, -0.05) is 78.9 Å². The third-order valence-corrected chi connectivity index (χ3v) is 9.87. The Bertz CT molecular complexity index is 2640. The minimum atomic E-state index is 1.15. The van der Waals surface area contributed by atoms with Crippen LogP contribution in [0, 0.1) is 6.92 Å². The average Bonchev–Trinajstić information content (AvgIpc) is 3.45. The van der Waals surface area contributed by atoms with Crippen molar-refractivity contribution in [3.8, 4) is 27.9 Å². The Kier molecular flexibility index (Phi) is 5.53. The Morgan fingerprint density at radius 2 is 0.915 bits per heavy atom. The summed E-state index contributed by atoms with van der Waals surface area (Å²) in [5, 5.41) is 7.61. The minimum Gasteiger partial charge on any atom is -0.310 e. The SMILES string of the molecule is Cc1cccc(N(c2ccccc2)c2ccc3cc4c(cc3c2)-c2cc3cc(-n5c6ccccc6c6ccccc65)ccc3cc2-4)c1. The summed E-state index contributed by atoms with van der Waals surface area (Å²) in [4.78, 5) is 2.35. The molecule has 0 N–H and O–H groups in total. The normalized spacial score (nSPS) is 11.9. The van der Waals surface area contributed by atoms with Crippen LogP contribution in [0.3, 0.4) is 0 Å². The summed E-state index contributed by atoms with van der Waals surface area (Å²) in [5.41, 5.74) is 13.7. The molecule has 0 spiro atoms. The number of benzene rings is 8. The van der Waals surface area contributed by atoms with E-state index in [1.165, 1.54) is 76.9 Å². The van der Waals surface area contributed by atoms with Crippen molar-refractivity contribution in [1.82, 2.24) is 4.57 Å². The van der Waals surface area contributed by atoms with Gasteiger partial charge in [-0.05, 0) is 141 Å². The van der Waals surface area contributed by atoms with Crippen LogP contribution in [0.25, 0.3) is 71.3 Å². The Labute approximate surface area is 273 Å². The summed E-state index contributed by atoms with van der Waals surface area (Å²) in [6.07, 6.45) is 0. The third kappa shape index (κ3) is 3.98. The second-order valence-corrected chi connectivity index (χ2v) is 12.7. The van der Waals surface area contributed by atoms with Crippen molar-refractivity contribution in [1.29, 1.82) is 0 Å². The number of hydrogen-bond acceptors (Lipinski definition) is 1. The quantitative estimate of drug-likeness (QED) is 0.196. The Balaban J connectivity index is 1.09. The van der Waals surface area contributed by atoms with E-state index in [-0.39, 0.29) is 0 Å². The number of anilines is 3. The zero-order chi connectivity index (χ0) is 31.1. The van der Waals surface area contributed by atoms with Crippen LogP contribution in [0.5, 0.6) is 0 Å². The number of nitrogens with zero attached hydrogens (tertiary/aromatic N) is 2. The predicted octanol–water partition coefficient (Wildman–Crippen LogP) is 12.5. The molecule has 1 aliphatic rings. The fraction of sp³-hybridized carbons (Fsp3) is 0.0222. The van der Waals surface area contributed by atoms with E-state index in [4.69, 9.17) is 0 Å². The molecular weight excluding hydrogens is 569 g/mol. The van der Waals surface area contributed by atoms with Crippen molar-refractivity contribution >= 4 is 60.4 Å². The smallest absolute Gasteiger partial charge is 0.0541 e. The fourth-order valence-corrected chi connectivity index (χ4v) is 7.67. The first-order chi connectivity index (χ1) is 23.2. The molecule has 8 aromatic carbocycles. The van der Waals surface area contributed by atoms with Gasteiger partial charge in [-0.25, -0.2) is 0 Å². The maximum atomic E-state index is 2.40. The molecule has 9 aromatic rings. The van der Waals surface area contributed by atoms with Crippen LogP contribution < -0.4 is 4.90 Å². The largest absolute Gasteiger partial charge is 0.310 e. The first-order valence-corrected chi connectivity index (χ1v) is 16.3. The second kappa shape index (κ2) is 9.94. The Hall–Kier alpha value is -6.12. The van der Waals surface area contributed by atoms with Crippen molar-refractivity contribution in [3.63, 3.8) is 0 Å². The lowest BCUT2D eigenvalue weighted by Gasteiger charge is -2.28. The van der Waals surface area contributed by atoms with Crippen molar-refractivity contribution in [2.45, 2.75) is 6.92 Å². The Morgan fingerprint density at radius 1 is 0.383 bits per heavy atom. The molecule has 0 saturated carbocycles. The van der Waals surface area contributed by atoms with Crippen molar-refractivity contribution in [3.05, 3.63) is 169 Å². The molecule has 0 radical (unpaired) electrons. The van der Waals surface area contributed by atoms with Crippen LogP contribution >= 0.6 is 0 Å². The van der Waals surface area contributed by atoms with E-state index >= 15 is 0 Å². The van der Waals surface area contributed by atoms with Crippen molar-refractivity contribution < 1.29 is 0 Å². The number of hydrogen-bond donors (Lipinski definition) is 0. The standard InChI is InChI=1S/C45H30N2/c1-29-10-9-13-35(22-29)46(34-11-3-2-4-12-34)36-20-18-30-25-40-41-26-31-19-21-37(24-33(31)28-43(41)42(40)27-32(30)23-36)47-44-16-7-5-14-38(44)39-15-6-8-17-45(39)47/h2-28H,1H3. The highest BCUT2D eigenvalue weighted by molar-refractivity contribution is 6.13. The van der Waals surface area contributed by atoms with Gasteiger partial charge in [0.05, 0.1) is 11.0 Å². The van der Waals surface area contributed by atoms with Crippen LogP contribution in [-0.2, 0) is 0 Å². The van der Waals surface area contributed by atoms with Gasteiger partial charge in [-0.3, -0.25) is 0 Å². The molecule has 0 bridgehead atoms. The highest BCUT2D eigenvalue weighted by Crippen LogP contribution is 2.51. The lowest BCUT2D eigenvalue weighted by molar-refractivity contribution is 1.19. The maximum absolute atomic E-state index is 2.40. The second-order valence-electron chi connectivity index (χ2n) is 12.7. The van der Waals surface area contributed by atoms with Crippen LogP contribution in [0.2, 0.25) is 0 Å². The van der Waals surface area contributed by atoms with Crippen molar-refractivity contribution in [2.24, 2.45) is 0 Å². The van der Waals surface area contributed by atoms with Gasteiger partial charge in [0.1, 0.15) is 0 Å². The van der Waals surface area contributed by atoms with Crippen LogP contribution in [0.1, 0.15) is 5.56 Å². The number of aryl methyl sites for hydroxylation is 1. The first kappa shape index (κ1) is 26.1. The van der Waals surface area contributed by atoms with E-state index in [9.17, 15) is 0 Å². The van der Waals surface area contributed by atoms with Crippen LogP contribution in [0.4, 0.5) is 17.1 Å². The molecule has 47 heavy (non-hydrogen) atoms. The van der Waals surface area contributed by atoms with Gasteiger partial charge in [-0.2, -0.15) is 0 Å². The van der Waals surface area contributed by atoms with Crippen LogP contribution in [-0.4, -0.2) is 4.57 Å². The lowest BCUT2D eigenvalue weighted by atomic mass is 9.78. The summed E-state index contributed by atoms with van der Waals surface area (Å²) < 4.78 is 2.40. The molecule has 1 heterocycles. The molecule has 0 atom stereocenters. The summed E-state index contributed by atoms with van der Waals surface area (Å²) in [6, 6.07) is 60.1. The van der Waals surface area contributed by atoms with Gasteiger partial charge >= 0.3 is 0 Å². The lowest BCUT2D eigenvalue weighted by Crippen LogP contribution is -2.10. The molecule has 10 rings (SSSR count). The molecule has 2 nitrogen and oxygen atoms in total. The molecule has 1 aromatic heterocycles. The molecule has 0 saturated heterocycles. The summed E-state index contributed by atoms with van der Waals surface area (Å²) in [6.45, 7) is 2.15. The summed E-state index contributed by atoms with van der Waals surface area (Å²) >= 11 is 0. The van der Waals surface area contributed by atoms with E-state index in [0.29, 0.717) is 0 Å². The molecule has 0 amide bonds. The van der Waals surface area contributed by atoms with Gasteiger partial charge in [0, 0.05) is 33.5 Å². The number of aromatic nitrogens is 1. The molecule has 220 valence electrons. The van der Waals surface area contributed by atoms with E-state index in [2.05, 4.69) is 180 Å². The topological polar surface area (TPSA) is 8.17 Å². The van der Waals surface area contributed by atoms with Gasteiger partial charge in [-0.15, -0.1) is 0 Å². The molecule has 0 aliphatic heterocycles. The zero-order valence-corrected chi connectivity index (χ0v) is 26.0. The van der Waals surface area contributed by atoms with E-state index < -0.39 is 0 Å². The molecular formula is C45H30N2. The monoisotopic (exact) mass is 598 g/mol. The van der Waals surface area contributed by atoms with E-state index in [1.807, 2.05) is 0 Å². The maximum Gasteiger partial charge on any atom is 0.0541 e. The number of fused-ring (bicyclic) bond motifs is 9. The van der Waals surface area contributed by atoms with E-state index in [1.54, 1.807) is 0 Å². The van der Waals surface area contributed by atoms with Gasteiger partial charge in [0.25, 0.3) is 0 Å². The highest BCUT2D eigenvalue weighted by atomic mass is 15.1. The molecule has 0 fully saturated rings. The molecule has 0 unspecified atom stereocenters. The summed E-state index contributed by atoms with van der Waals surface area (Å²) in [5.74, 6) is 0. The number of para-hydroxylation sites is 3. The molecule has 1 aliphatic carbocycles. The average molecular weight is 599 g/mol. The third-order valence-electron chi connectivity index (χ3n) is 9.87. The zero-order valence-electron chi connectivity index (χ0n) is 26.0. The summed E-state index contributed by atoms with van der Waals surface area (Å²) in [7, 11) is 0. The van der Waals surface area contributed by atoms with E-state index in [0.717, 1.165) is 17.1 Å².